The van der Waals surface area contributed by atoms with Crippen molar-refractivity contribution in [1.29, 1.82) is 0 Å². The Morgan fingerprint density at radius 3 is 3.07 bits per heavy atom. The first-order valence-electron chi connectivity index (χ1n) is 5.53. The average molecular weight is 205 g/mol. The molecule has 2 rings (SSSR count). The van der Waals surface area contributed by atoms with Gasteiger partial charge < -0.3 is 5.32 Å². The molecule has 0 amide bonds. The first kappa shape index (κ1) is 10.5. The zero-order valence-electron chi connectivity index (χ0n) is 9.51. The zero-order valence-corrected chi connectivity index (χ0v) is 9.51. The summed E-state index contributed by atoms with van der Waals surface area (Å²) in [6, 6.07) is 6.56. The molecule has 3 nitrogen and oxygen atoms in total. The second-order valence-electron chi connectivity index (χ2n) is 4.21. The van der Waals surface area contributed by atoms with Gasteiger partial charge >= 0.3 is 0 Å². The lowest BCUT2D eigenvalue weighted by Gasteiger charge is -2.22. The molecule has 0 bridgehead atoms. The molecule has 0 spiro atoms. The fraction of sp³-hybridized carbons (Fsp3) is 0.500. The number of nitrogens with one attached hydrogen (secondary N) is 2. The molecule has 0 atom stereocenters. The molecule has 1 aromatic carbocycles. The van der Waals surface area contributed by atoms with Gasteiger partial charge in [0.05, 0.1) is 0 Å². The standard InChI is InChI=1S/C12H19N3/c1-15(2)14-9-11-6-3-5-10-7-4-8-13-12(10)11/h3,5-6,13-14H,4,7-9H2,1-2H3. The third-order valence-electron chi connectivity index (χ3n) is 2.75. The Morgan fingerprint density at radius 2 is 2.27 bits per heavy atom. The summed E-state index contributed by atoms with van der Waals surface area (Å²) in [5.74, 6) is 0. The minimum absolute atomic E-state index is 0.892. The molecule has 3 heteroatoms. The topological polar surface area (TPSA) is 27.3 Å². The van der Waals surface area contributed by atoms with E-state index in [9.17, 15) is 0 Å². The first-order chi connectivity index (χ1) is 7.27. The molecule has 0 saturated carbocycles. The Kier molecular flexibility index (Phi) is 3.23. The molecule has 0 fully saturated rings. The molecule has 0 radical (unpaired) electrons. The minimum Gasteiger partial charge on any atom is -0.385 e. The van der Waals surface area contributed by atoms with Crippen LogP contribution in [0.25, 0.3) is 0 Å². The van der Waals surface area contributed by atoms with E-state index in [2.05, 4.69) is 28.9 Å². The molecule has 1 aliphatic heterocycles. The maximum Gasteiger partial charge on any atom is 0.0418 e. The molecule has 0 saturated heterocycles. The van der Waals surface area contributed by atoms with Gasteiger partial charge in [0, 0.05) is 32.9 Å². The van der Waals surface area contributed by atoms with Gasteiger partial charge in [-0.15, -0.1) is 0 Å². The molecular formula is C12H19N3. The summed E-state index contributed by atoms with van der Waals surface area (Å²) in [6.45, 7) is 2.00. The quantitative estimate of drug-likeness (QED) is 0.734. The molecule has 15 heavy (non-hydrogen) atoms. The lowest BCUT2D eigenvalue weighted by molar-refractivity contribution is 0.286. The summed E-state index contributed by atoms with van der Waals surface area (Å²) >= 11 is 0. The third kappa shape index (κ3) is 2.49. The van der Waals surface area contributed by atoms with Gasteiger partial charge in [-0.25, -0.2) is 0 Å². The van der Waals surface area contributed by atoms with Crippen molar-refractivity contribution in [1.82, 2.24) is 10.4 Å². The van der Waals surface area contributed by atoms with Crippen molar-refractivity contribution in [2.24, 2.45) is 0 Å². The highest BCUT2D eigenvalue weighted by Crippen LogP contribution is 2.25. The van der Waals surface area contributed by atoms with Gasteiger partial charge in [0.15, 0.2) is 0 Å². The van der Waals surface area contributed by atoms with Crippen LogP contribution < -0.4 is 10.7 Å². The molecule has 0 aliphatic carbocycles. The molecule has 82 valence electrons. The van der Waals surface area contributed by atoms with Crippen LogP contribution in [0.3, 0.4) is 0 Å². The minimum atomic E-state index is 0.892. The molecule has 1 aromatic rings. The summed E-state index contributed by atoms with van der Waals surface area (Å²) in [6.07, 6.45) is 2.45. The number of hydrogen-bond acceptors (Lipinski definition) is 3. The van der Waals surface area contributed by atoms with E-state index in [1.807, 2.05) is 19.1 Å². The van der Waals surface area contributed by atoms with Crippen molar-refractivity contribution < 1.29 is 0 Å². The van der Waals surface area contributed by atoms with Crippen LogP contribution in [0, 0.1) is 0 Å². The molecule has 0 unspecified atom stereocenters. The van der Waals surface area contributed by atoms with Crippen LogP contribution in [-0.4, -0.2) is 25.6 Å². The maximum absolute atomic E-state index is 3.50. The van der Waals surface area contributed by atoms with Crippen LogP contribution in [-0.2, 0) is 13.0 Å². The number of rotatable bonds is 3. The number of anilines is 1. The van der Waals surface area contributed by atoms with Gasteiger partial charge in [-0.1, -0.05) is 18.2 Å². The van der Waals surface area contributed by atoms with Gasteiger partial charge in [0.1, 0.15) is 0 Å². The zero-order chi connectivity index (χ0) is 10.7. The number of nitrogens with zero attached hydrogens (tertiary/aromatic N) is 1. The molecule has 2 N–H and O–H groups in total. The van der Waals surface area contributed by atoms with Crippen LogP contribution >= 0.6 is 0 Å². The van der Waals surface area contributed by atoms with Crippen LogP contribution in [0.1, 0.15) is 17.5 Å². The summed E-state index contributed by atoms with van der Waals surface area (Å²) in [5, 5.41) is 5.48. The Balaban J connectivity index is 2.16. The first-order valence-corrected chi connectivity index (χ1v) is 5.53. The molecule has 1 heterocycles. The van der Waals surface area contributed by atoms with Crippen molar-refractivity contribution in [3.05, 3.63) is 29.3 Å². The largest absolute Gasteiger partial charge is 0.385 e. The predicted octanol–water partition coefficient (Wildman–Crippen LogP) is 1.61. The van der Waals surface area contributed by atoms with Crippen LogP contribution in [0.15, 0.2) is 18.2 Å². The van der Waals surface area contributed by atoms with E-state index in [-0.39, 0.29) is 0 Å². The van der Waals surface area contributed by atoms with Gasteiger partial charge in [-0.05, 0) is 24.0 Å². The van der Waals surface area contributed by atoms with E-state index < -0.39 is 0 Å². The van der Waals surface area contributed by atoms with Crippen LogP contribution in [0.2, 0.25) is 0 Å². The number of aryl methyl sites for hydroxylation is 1. The van der Waals surface area contributed by atoms with E-state index in [4.69, 9.17) is 0 Å². The van der Waals surface area contributed by atoms with Gasteiger partial charge in [-0.2, -0.15) is 0 Å². The molecule has 1 aliphatic rings. The lowest BCUT2D eigenvalue weighted by atomic mass is 9.99. The lowest BCUT2D eigenvalue weighted by Crippen LogP contribution is -2.30. The fourth-order valence-corrected chi connectivity index (χ4v) is 1.97. The van der Waals surface area contributed by atoms with E-state index in [1.54, 1.807) is 0 Å². The second-order valence-corrected chi connectivity index (χ2v) is 4.21. The second kappa shape index (κ2) is 4.64. The molecule has 0 aromatic heterocycles. The highest BCUT2D eigenvalue weighted by atomic mass is 15.5. The highest BCUT2D eigenvalue weighted by Gasteiger charge is 2.11. The Labute approximate surface area is 91.4 Å². The van der Waals surface area contributed by atoms with E-state index in [0.717, 1.165) is 13.1 Å². The van der Waals surface area contributed by atoms with Gasteiger partial charge in [-0.3, -0.25) is 10.4 Å². The van der Waals surface area contributed by atoms with Crippen LogP contribution in [0.5, 0.6) is 0 Å². The highest BCUT2D eigenvalue weighted by molar-refractivity contribution is 5.59. The SMILES string of the molecule is CN(C)NCc1cccc2c1NCCC2. The van der Waals surface area contributed by atoms with Gasteiger partial charge in [0.25, 0.3) is 0 Å². The number of benzene rings is 1. The van der Waals surface area contributed by atoms with Crippen molar-refractivity contribution >= 4 is 5.69 Å². The van der Waals surface area contributed by atoms with Gasteiger partial charge in [0.2, 0.25) is 0 Å². The Morgan fingerprint density at radius 1 is 1.40 bits per heavy atom. The van der Waals surface area contributed by atoms with E-state index in [1.165, 1.54) is 29.7 Å². The monoisotopic (exact) mass is 205 g/mol. The van der Waals surface area contributed by atoms with Crippen LogP contribution in [0.4, 0.5) is 5.69 Å². The average Bonchev–Trinajstić information content (AvgIpc) is 2.26. The van der Waals surface area contributed by atoms with E-state index >= 15 is 0 Å². The maximum atomic E-state index is 3.50. The number of hydrazine groups is 1. The fourth-order valence-electron chi connectivity index (χ4n) is 1.97. The summed E-state index contributed by atoms with van der Waals surface area (Å²) < 4.78 is 0. The Hall–Kier alpha value is -1.06. The number of hydrogen-bond donors (Lipinski definition) is 2. The smallest absolute Gasteiger partial charge is 0.0418 e. The normalized spacial score (nSPS) is 14.9. The van der Waals surface area contributed by atoms with E-state index in [0.29, 0.717) is 0 Å². The summed E-state index contributed by atoms with van der Waals surface area (Å²) in [7, 11) is 4.03. The van der Waals surface area contributed by atoms with Crippen molar-refractivity contribution in [3.63, 3.8) is 0 Å². The summed E-state index contributed by atoms with van der Waals surface area (Å²) in [5.41, 5.74) is 7.47. The predicted molar refractivity (Wildman–Crippen MR) is 63.8 cm³/mol. The van der Waals surface area contributed by atoms with Crippen molar-refractivity contribution in [2.75, 3.05) is 26.0 Å². The van der Waals surface area contributed by atoms with Crippen molar-refractivity contribution in [3.8, 4) is 0 Å². The number of para-hydroxylation sites is 1. The molecular weight excluding hydrogens is 186 g/mol. The summed E-state index contributed by atoms with van der Waals surface area (Å²) in [4.78, 5) is 0. The Bertz CT molecular complexity index is 334. The van der Waals surface area contributed by atoms with Crippen molar-refractivity contribution in [2.45, 2.75) is 19.4 Å². The third-order valence-corrected chi connectivity index (χ3v) is 2.75. The number of fused-ring (bicyclic) bond motifs is 1.